The van der Waals surface area contributed by atoms with Crippen molar-refractivity contribution >= 4 is 38.6 Å². The number of nitrogens with one attached hydrogen (secondary N) is 2. The average Bonchev–Trinajstić information content (AvgIpc) is 2.96. The number of ether oxygens (including phenoxy) is 2. The molecule has 35 heavy (non-hydrogen) atoms. The first-order valence-electron chi connectivity index (χ1n) is 11.3. The number of sulfone groups is 1. The first-order valence-corrected chi connectivity index (χ1v) is 13.0. The van der Waals surface area contributed by atoms with Gasteiger partial charge >= 0.3 is 6.09 Å². The number of carbonyl (C=O) groups excluding carboxylic acids is 1. The molecule has 184 valence electrons. The molecular weight excluding hydrogens is 470 g/mol. The Bertz CT molecular complexity index is 1390. The highest BCUT2D eigenvalue weighted by Gasteiger charge is 2.40. The maximum atomic E-state index is 12.8. The third-order valence-electron chi connectivity index (χ3n) is 6.32. The fraction of sp³-hybridized carbons (Fsp3) is 0.375. The van der Waals surface area contributed by atoms with Gasteiger partial charge in [-0.1, -0.05) is 29.8 Å². The highest BCUT2D eigenvalue weighted by molar-refractivity contribution is 7.91. The quantitative estimate of drug-likeness (QED) is 0.546. The summed E-state index contributed by atoms with van der Waals surface area (Å²) in [5, 5.41) is 7.06. The van der Waals surface area contributed by atoms with E-state index in [2.05, 4.69) is 10.6 Å². The Kier molecular flexibility index (Phi) is 5.97. The number of hydrogen-bond acceptors (Lipinski definition) is 9. The van der Waals surface area contributed by atoms with Gasteiger partial charge in [-0.05, 0) is 30.7 Å². The van der Waals surface area contributed by atoms with Crippen molar-refractivity contribution in [1.82, 2.24) is 15.3 Å². The van der Waals surface area contributed by atoms with Crippen LogP contribution in [-0.4, -0.2) is 69.2 Å². The molecule has 11 heteroatoms. The fourth-order valence-corrected chi connectivity index (χ4v) is 5.83. The molecule has 0 bridgehead atoms. The second-order valence-electron chi connectivity index (χ2n) is 8.98. The Labute approximate surface area is 203 Å². The summed E-state index contributed by atoms with van der Waals surface area (Å²) in [6, 6.07) is 13.0. The number of carbonyl (C=O) groups is 1. The van der Waals surface area contributed by atoms with Crippen LogP contribution in [0, 0.1) is 6.92 Å². The van der Waals surface area contributed by atoms with Gasteiger partial charge in [0, 0.05) is 25.0 Å². The number of benzene rings is 2. The van der Waals surface area contributed by atoms with Crippen LogP contribution in [0.25, 0.3) is 10.9 Å². The Morgan fingerprint density at radius 1 is 1.20 bits per heavy atom. The highest BCUT2D eigenvalue weighted by atomic mass is 32.2. The monoisotopic (exact) mass is 497 g/mol. The number of nitrogens with zero attached hydrogens (tertiary/aromatic N) is 3. The molecule has 3 heterocycles. The molecule has 1 fully saturated rings. The number of aromatic nitrogens is 2. The summed E-state index contributed by atoms with van der Waals surface area (Å²) in [7, 11) is -2.07. The van der Waals surface area contributed by atoms with Crippen LogP contribution in [0.4, 0.5) is 16.6 Å². The number of amides is 1. The summed E-state index contributed by atoms with van der Waals surface area (Å²) < 4.78 is 35.7. The van der Waals surface area contributed by atoms with Crippen molar-refractivity contribution in [2.45, 2.75) is 23.9 Å². The van der Waals surface area contributed by atoms with Crippen LogP contribution in [0.15, 0.2) is 47.4 Å². The van der Waals surface area contributed by atoms with E-state index >= 15 is 0 Å². The number of hydrogen-bond donors (Lipinski definition) is 2. The van der Waals surface area contributed by atoms with E-state index in [0.29, 0.717) is 43.0 Å². The van der Waals surface area contributed by atoms with Crippen LogP contribution < -0.4 is 15.5 Å². The Morgan fingerprint density at radius 2 is 2.00 bits per heavy atom. The third kappa shape index (κ3) is 4.61. The van der Waals surface area contributed by atoms with E-state index < -0.39 is 21.5 Å². The molecule has 2 aliphatic heterocycles. The lowest BCUT2D eigenvalue weighted by Crippen LogP contribution is -2.65. The Balaban J connectivity index is 1.50. The van der Waals surface area contributed by atoms with E-state index in [0.717, 1.165) is 22.0 Å². The fourth-order valence-electron chi connectivity index (χ4n) is 4.33. The van der Waals surface area contributed by atoms with Gasteiger partial charge in [0.25, 0.3) is 0 Å². The molecule has 1 saturated heterocycles. The van der Waals surface area contributed by atoms with Crippen molar-refractivity contribution in [3.63, 3.8) is 0 Å². The summed E-state index contributed by atoms with van der Waals surface area (Å²) in [6.07, 6.45) is -0.524. The van der Waals surface area contributed by atoms with Gasteiger partial charge in [0.1, 0.15) is 11.4 Å². The summed E-state index contributed by atoms with van der Waals surface area (Å²) in [5.74, 6) is 1.02. The maximum Gasteiger partial charge on any atom is 0.407 e. The average molecular weight is 498 g/mol. The van der Waals surface area contributed by atoms with Crippen LogP contribution in [0.1, 0.15) is 11.1 Å². The second kappa shape index (κ2) is 8.97. The van der Waals surface area contributed by atoms with Gasteiger partial charge in [0.2, 0.25) is 5.95 Å². The largest absolute Gasteiger partial charge is 0.453 e. The third-order valence-corrected chi connectivity index (χ3v) is 8.11. The van der Waals surface area contributed by atoms with Crippen molar-refractivity contribution < 1.29 is 22.7 Å². The molecule has 0 aliphatic carbocycles. The van der Waals surface area contributed by atoms with E-state index in [4.69, 9.17) is 19.4 Å². The van der Waals surface area contributed by atoms with Crippen LogP contribution in [0.5, 0.6) is 0 Å². The summed E-state index contributed by atoms with van der Waals surface area (Å²) in [5.41, 5.74) is 1.91. The van der Waals surface area contributed by atoms with Crippen LogP contribution in [0.3, 0.4) is 0 Å². The van der Waals surface area contributed by atoms with Gasteiger partial charge in [-0.15, -0.1) is 0 Å². The van der Waals surface area contributed by atoms with Gasteiger partial charge in [-0.3, -0.25) is 0 Å². The van der Waals surface area contributed by atoms with Gasteiger partial charge in [-0.25, -0.2) is 18.2 Å². The number of alkyl carbamates (subject to hydrolysis) is 1. The van der Waals surface area contributed by atoms with Gasteiger partial charge in [0.15, 0.2) is 9.84 Å². The molecule has 0 saturated carbocycles. The van der Waals surface area contributed by atoms with Crippen LogP contribution >= 0.6 is 0 Å². The zero-order chi connectivity index (χ0) is 24.6. The number of aryl methyl sites for hydroxylation is 1. The predicted molar refractivity (Wildman–Crippen MR) is 131 cm³/mol. The van der Waals surface area contributed by atoms with E-state index in [1.807, 2.05) is 42.2 Å². The number of fused-ring (bicyclic) bond motifs is 2. The standard InChI is InChI=1S/C24H27N5O5S/c1-16-7-8-19-18(11-16)21(25-13-24(14-34-15-24)28-23(30)33-2)27-22(26-19)29-9-10-35(31,32)20-6-4-3-5-17(20)12-29/h3-8,11H,9-10,12-15H2,1-2H3,(H,28,30)(H,25,26,27). The molecule has 2 N–H and O–H groups in total. The van der Waals surface area contributed by atoms with Crippen molar-refractivity contribution in [3.05, 3.63) is 53.6 Å². The molecule has 2 aromatic carbocycles. The lowest BCUT2D eigenvalue weighted by Gasteiger charge is -2.41. The zero-order valence-corrected chi connectivity index (χ0v) is 20.4. The van der Waals surface area contributed by atoms with Crippen LogP contribution in [-0.2, 0) is 25.9 Å². The molecule has 0 atom stereocenters. The summed E-state index contributed by atoms with van der Waals surface area (Å²) in [4.78, 5) is 23.7. The molecule has 0 radical (unpaired) electrons. The molecule has 1 aromatic heterocycles. The van der Waals surface area contributed by atoms with E-state index in [9.17, 15) is 13.2 Å². The number of methoxy groups -OCH3 is 1. The summed E-state index contributed by atoms with van der Waals surface area (Å²) >= 11 is 0. The Hall–Kier alpha value is -3.44. The minimum Gasteiger partial charge on any atom is -0.453 e. The zero-order valence-electron chi connectivity index (χ0n) is 19.6. The van der Waals surface area contributed by atoms with Crippen molar-refractivity contribution in [2.24, 2.45) is 0 Å². The Morgan fingerprint density at radius 3 is 2.74 bits per heavy atom. The predicted octanol–water partition coefficient (Wildman–Crippen LogP) is 2.27. The summed E-state index contributed by atoms with van der Waals surface area (Å²) in [6.45, 7) is 3.73. The lowest BCUT2D eigenvalue weighted by molar-refractivity contribution is -0.0638. The van der Waals surface area contributed by atoms with Gasteiger partial charge in [-0.2, -0.15) is 4.98 Å². The molecule has 2 aliphatic rings. The molecule has 10 nitrogen and oxygen atoms in total. The molecule has 0 unspecified atom stereocenters. The molecule has 3 aromatic rings. The van der Waals surface area contributed by atoms with E-state index in [-0.39, 0.29) is 12.3 Å². The number of anilines is 2. The van der Waals surface area contributed by atoms with Gasteiger partial charge < -0.3 is 25.0 Å². The van der Waals surface area contributed by atoms with Crippen molar-refractivity contribution in [1.29, 1.82) is 0 Å². The molecule has 1 amide bonds. The van der Waals surface area contributed by atoms with Crippen molar-refractivity contribution in [2.75, 3.05) is 49.4 Å². The van der Waals surface area contributed by atoms with Gasteiger partial charge in [0.05, 0.1) is 36.5 Å². The lowest BCUT2D eigenvalue weighted by atomic mass is 9.97. The SMILES string of the molecule is COC(=O)NC1(CNc2nc(N3CCS(=O)(=O)c4ccccc4C3)nc3ccc(C)cc23)COC1. The molecular formula is C24H27N5O5S. The first kappa shape index (κ1) is 23.3. The van der Waals surface area contributed by atoms with E-state index in [1.165, 1.54) is 7.11 Å². The number of rotatable bonds is 5. The van der Waals surface area contributed by atoms with E-state index in [1.54, 1.807) is 12.1 Å². The van der Waals surface area contributed by atoms with Crippen LogP contribution in [0.2, 0.25) is 0 Å². The topological polar surface area (TPSA) is 123 Å². The first-order chi connectivity index (χ1) is 16.8. The minimum atomic E-state index is -3.40. The second-order valence-corrected chi connectivity index (χ2v) is 11.1. The molecule has 5 rings (SSSR count). The van der Waals surface area contributed by atoms with Crippen molar-refractivity contribution in [3.8, 4) is 0 Å². The highest BCUT2D eigenvalue weighted by Crippen LogP contribution is 2.29. The molecule has 0 spiro atoms. The normalized spacial score (nSPS) is 18.2. The smallest absolute Gasteiger partial charge is 0.407 e. The minimum absolute atomic E-state index is 0.0223. The maximum absolute atomic E-state index is 12.8.